The van der Waals surface area contributed by atoms with Gasteiger partial charge in [0.2, 0.25) is 0 Å². The normalized spacial score (nSPS) is 18.9. The summed E-state index contributed by atoms with van der Waals surface area (Å²) >= 11 is 0. The van der Waals surface area contributed by atoms with Crippen LogP contribution >= 0.6 is 0 Å². The number of aliphatic hydroxyl groups is 1. The Morgan fingerprint density at radius 3 is 2.64 bits per heavy atom. The van der Waals surface area contributed by atoms with E-state index in [4.69, 9.17) is 14.1 Å². The number of aliphatic imine (C=N–C) groups is 1. The third-order valence-electron chi connectivity index (χ3n) is 9.73. The van der Waals surface area contributed by atoms with Crippen molar-refractivity contribution < 1.29 is 19.1 Å². The summed E-state index contributed by atoms with van der Waals surface area (Å²) in [5, 5.41) is 17.2. The molecule has 1 atom stereocenters. The predicted molar refractivity (Wildman–Crippen MR) is 184 cm³/mol. The first kappa shape index (κ1) is 34.7. The predicted octanol–water partition coefficient (Wildman–Crippen LogP) is 3.69. The van der Waals surface area contributed by atoms with Gasteiger partial charge in [-0.2, -0.15) is 0 Å². The second-order valence-electron chi connectivity index (χ2n) is 13.4. The lowest BCUT2D eigenvalue weighted by Crippen LogP contribution is -2.50. The molecule has 11 heteroatoms. The summed E-state index contributed by atoms with van der Waals surface area (Å²) in [6, 6.07) is 5.02. The number of β-amino-alcohol motifs (C(OH)–C–C–N with tert-alkyl or cyclic N) is 1. The first-order valence-corrected chi connectivity index (χ1v) is 17.1. The van der Waals surface area contributed by atoms with Crippen molar-refractivity contribution in [2.45, 2.75) is 91.6 Å². The molecule has 3 N–H and O–H groups in total. The van der Waals surface area contributed by atoms with Crippen LogP contribution in [0.25, 0.3) is 0 Å². The van der Waals surface area contributed by atoms with Crippen LogP contribution in [0.4, 0.5) is 0 Å². The van der Waals surface area contributed by atoms with E-state index in [1.807, 2.05) is 19.9 Å². The van der Waals surface area contributed by atoms with Crippen LogP contribution in [0.3, 0.4) is 0 Å². The highest BCUT2D eigenvalue weighted by Gasteiger charge is 2.24. The van der Waals surface area contributed by atoms with Crippen LogP contribution in [-0.2, 0) is 24.4 Å². The van der Waals surface area contributed by atoms with Gasteiger partial charge in [-0.15, -0.1) is 0 Å². The monoisotopic (exact) mass is 647 g/mol. The van der Waals surface area contributed by atoms with E-state index in [0.717, 1.165) is 87.1 Å². The Morgan fingerprint density at radius 2 is 1.98 bits per heavy atom. The number of amidine groups is 1. The molecule has 0 unspecified atom stereocenters. The summed E-state index contributed by atoms with van der Waals surface area (Å²) < 4.78 is 11.5. The largest absolute Gasteiger partial charge is 0.485 e. The first-order valence-electron chi connectivity index (χ1n) is 17.1. The van der Waals surface area contributed by atoms with Gasteiger partial charge >= 0.3 is 0 Å². The molecule has 0 radical (unpaired) electrons. The molecule has 2 aromatic rings. The zero-order valence-electron chi connectivity index (χ0n) is 28.8. The van der Waals surface area contributed by atoms with Gasteiger partial charge in [0.05, 0.1) is 11.8 Å². The molecular weight excluding hydrogens is 594 g/mol. The van der Waals surface area contributed by atoms with Gasteiger partial charge in [-0.25, -0.2) is 9.98 Å². The van der Waals surface area contributed by atoms with E-state index in [9.17, 15) is 9.90 Å². The highest BCUT2D eigenvalue weighted by Crippen LogP contribution is 2.30. The smallest absolute Gasteiger partial charge is 0.250 e. The third-order valence-corrected chi connectivity index (χ3v) is 9.73. The number of oxazole rings is 1. The van der Waals surface area contributed by atoms with E-state index in [1.54, 1.807) is 6.08 Å². The number of aliphatic hydroxyl groups excluding tert-OH is 1. The van der Waals surface area contributed by atoms with Crippen molar-refractivity contribution in [1.29, 1.82) is 0 Å². The Hall–Kier alpha value is -3.67. The number of amides is 1. The number of aryl methyl sites for hydroxylation is 1. The number of benzene rings is 1. The number of hydrogen-bond donors (Lipinski definition) is 3. The lowest BCUT2D eigenvalue weighted by Gasteiger charge is -2.38. The first-order chi connectivity index (χ1) is 22.6. The number of carbonyl (C=O) groups excluding carboxylic acids is 1. The number of piperazine rings is 1. The lowest BCUT2D eigenvalue weighted by atomic mass is 9.93. The van der Waals surface area contributed by atoms with Gasteiger partial charge in [0.25, 0.3) is 5.91 Å². The van der Waals surface area contributed by atoms with E-state index in [2.05, 4.69) is 63.7 Å². The van der Waals surface area contributed by atoms with E-state index in [-0.39, 0.29) is 12.5 Å². The number of nitrogens with zero attached hydrogens (tertiary/aromatic N) is 5. The Balaban J connectivity index is 1.11. The molecule has 2 aliphatic heterocycles. The molecule has 1 saturated heterocycles. The average molecular weight is 648 g/mol. The second-order valence-corrected chi connectivity index (χ2v) is 13.4. The number of nitrogens with one attached hydrogen (secondary N) is 2. The van der Waals surface area contributed by atoms with Crippen LogP contribution in [0.5, 0.6) is 5.75 Å². The van der Waals surface area contributed by atoms with Crippen molar-refractivity contribution >= 4 is 11.7 Å². The summed E-state index contributed by atoms with van der Waals surface area (Å²) in [6.07, 6.45) is 6.74. The molecule has 11 nitrogen and oxygen atoms in total. The minimum absolute atomic E-state index is 0.149. The van der Waals surface area contributed by atoms with Crippen LogP contribution in [-0.4, -0.2) is 101 Å². The summed E-state index contributed by atoms with van der Waals surface area (Å²) in [6.45, 7) is 21.0. The van der Waals surface area contributed by atoms with Gasteiger partial charge in [0.15, 0.2) is 12.2 Å². The number of fused-ring (bicyclic) bond motifs is 1. The van der Waals surface area contributed by atoms with Gasteiger partial charge in [-0.1, -0.05) is 12.6 Å². The Morgan fingerprint density at radius 1 is 1.21 bits per heavy atom. The minimum Gasteiger partial charge on any atom is -0.485 e. The molecule has 3 heterocycles. The van der Waals surface area contributed by atoms with Gasteiger partial charge in [-0.3, -0.25) is 14.6 Å². The molecule has 1 saturated carbocycles. The van der Waals surface area contributed by atoms with Crippen molar-refractivity contribution in [3.05, 3.63) is 70.7 Å². The molecular formula is C36H53N7O4. The Labute approximate surface area is 279 Å². The van der Waals surface area contributed by atoms with Crippen LogP contribution in [0, 0.1) is 13.8 Å². The molecule has 1 aromatic heterocycles. The maximum Gasteiger partial charge on any atom is 0.250 e. The Kier molecular flexibility index (Phi) is 11.8. The van der Waals surface area contributed by atoms with Crippen LogP contribution in [0.1, 0.15) is 68.2 Å². The number of carbonyl (C=O) groups is 1. The maximum atomic E-state index is 13.0. The molecule has 0 spiro atoms. The number of rotatable bonds is 13. The van der Waals surface area contributed by atoms with Crippen LogP contribution < -0.4 is 15.4 Å². The maximum absolute atomic E-state index is 13.0. The molecule has 2 fully saturated rings. The van der Waals surface area contributed by atoms with E-state index >= 15 is 0 Å². The Bertz CT molecular complexity index is 1450. The van der Waals surface area contributed by atoms with Crippen molar-refractivity contribution in [3.63, 3.8) is 0 Å². The van der Waals surface area contributed by atoms with Crippen LogP contribution in [0.15, 0.2) is 52.0 Å². The molecule has 1 aromatic carbocycles. The van der Waals surface area contributed by atoms with Crippen molar-refractivity contribution in [1.82, 2.24) is 30.3 Å². The van der Waals surface area contributed by atoms with Crippen molar-refractivity contribution in [2.24, 2.45) is 4.99 Å². The van der Waals surface area contributed by atoms with Gasteiger partial charge < -0.3 is 29.8 Å². The molecule has 256 valence electrons. The highest BCUT2D eigenvalue weighted by atomic mass is 16.5. The molecule has 1 aliphatic carbocycles. The van der Waals surface area contributed by atoms with E-state index < -0.39 is 6.10 Å². The fourth-order valence-electron chi connectivity index (χ4n) is 6.39. The summed E-state index contributed by atoms with van der Waals surface area (Å²) in [5.74, 6) is 2.89. The topological polar surface area (TPSA) is 119 Å². The second kappa shape index (κ2) is 16.0. The lowest BCUT2D eigenvalue weighted by molar-refractivity contribution is -0.117. The van der Waals surface area contributed by atoms with Crippen molar-refractivity contribution in [3.8, 4) is 5.75 Å². The standard InChI is InChI=1S/C36H53N7O4/c1-24(2)42-14-16-43(17-15-42)28(6)39-35(40-30-8-7-9-30)18-25(3)36(45)37-19-31(44)21-41-13-12-32-26(4)33(11-10-29(32)20-41)46-22-34-27(5)38-23-47-34/h10-11,18,23-24,30-31,40,44H,3,7-9,12-17,19-22H2,1-2,4-6H3,(H,37,45)/b35-18+,39-28+/t31-/m0/s1. The zero-order valence-corrected chi connectivity index (χ0v) is 28.8. The molecule has 47 heavy (non-hydrogen) atoms. The number of ether oxygens (including phenoxy) is 1. The third kappa shape index (κ3) is 9.24. The average Bonchev–Trinajstić information content (AvgIpc) is 3.45. The van der Waals surface area contributed by atoms with Gasteiger partial charge in [0.1, 0.15) is 24.0 Å². The fourth-order valence-corrected chi connectivity index (χ4v) is 6.39. The summed E-state index contributed by atoms with van der Waals surface area (Å²) in [5.41, 5.74) is 4.82. The molecule has 5 rings (SSSR count). The zero-order chi connectivity index (χ0) is 33.5. The molecule has 3 aliphatic rings. The SMILES string of the molecule is C=C(/C=C(\N=C(/C)N1CCN(C(C)C)CC1)NC1CCC1)C(=O)NC[C@H](O)CN1CCc2c(ccc(OCc3ocnc3C)c2C)C1. The highest BCUT2D eigenvalue weighted by molar-refractivity contribution is 5.95. The summed E-state index contributed by atoms with van der Waals surface area (Å²) in [4.78, 5) is 29.1. The minimum atomic E-state index is -0.705. The number of hydrogen-bond acceptors (Lipinski definition) is 9. The summed E-state index contributed by atoms with van der Waals surface area (Å²) in [7, 11) is 0. The van der Waals surface area contributed by atoms with Crippen LogP contribution in [0.2, 0.25) is 0 Å². The fraction of sp³-hybridized carbons (Fsp3) is 0.583. The quantitative estimate of drug-likeness (QED) is 0.130. The van der Waals surface area contributed by atoms with E-state index in [0.29, 0.717) is 36.6 Å². The van der Waals surface area contributed by atoms with E-state index in [1.165, 1.54) is 23.9 Å². The van der Waals surface area contributed by atoms with Gasteiger partial charge in [0, 0.05) is 70.0 Å². The van der Waals surface area contributed by atoms with Gasteiger partial charge in [-0.05, 0) is 89.1 Å². The molecule has 0 bridgehead atoms. The van der Waals surface area contributed by atoms with Crippen molar-refractivity contribution in [2.75, 3.05) is 45.8 Å². The number of aromatic nitrogens is 1. The molecule has 1 amide bonds.